The van der Waals surface area contributed by atoms with Crippen LogP contribution in [0.5, 0.6) is 0 Å². The Labute approximate surface area is 124 Å². The first-order valence-corrected chi connectivity index (χ1v) is 7.18. The number of halogens is 2. The molecule has 1 heterocycles. The SMILES string of the molecule is COC(=O)[C@@H]1Cc2c(Cl)sc(Cl)c2C[C@H]1C(=O)OC. The number of ether oxygens (including phenoxy) is 2. The van der Waals surface area contributed by atoms with E-state index in [-0.39, 0.29) is 0 Å². The van der Waals surface area contributed by atoms with Gasteiger partial charge in [0.05, 0.1) is 34.7 Å². The van der Waals surface area contributed by atoms with Gasteiger partial charge in [-0.1, -0.05) is 23.2 Å². The van der Waals surface area contributed by atoms with Gasteiger partial charge in [-0.15, -0.1) is 11.3 Å². The van der Waals surface area contributed by atoms with Crippen molar-refractivity contribution in [2.75, 3.05) is 14.2 Å². The van der Waals surface area contributed by atoms with E-state index in [2.05, 4.69) is 0 Å². The maximum Gasteiger partial charge on any atom is 0.309 e. The number of esters is 2. The van der Waals surface area contributed by atoms with Gasteiger partial charge in [0, 0.05) is 0 Å². The van der Waals surface area contributed by atoms with Crippen molar-refractivity contribution in [3.63, 3.8) is 0 Å². The maximum atomic E-state index is 11.8. The van der Waals surface area contributed by atoms with Gasteiger partial charge in [0.2, 0.25) is 0 Å². The number of thiophene rings is 1. The van der Waals surface area contributed by atoms with Crippen molar-refractivity contribution < 1.29 is 19.1 Å². The van der Waals surface area contributed by atoms with Gasteiger partial charge < -0.3 is 9.47 Å². The summed E-state index contributed by atoms with van der Waals surface area (Å²) in [5, 5.41) is 0. The molecule has 2 atom stereocenters. The van der Waals surface area contributed by atoms with E-state index in [1.807, 2.05) is 0 Å². The molecule has 1 aromatic heterocycles. The van der Waals surface area contributed by atoms with E-state index in [9.17, 15) is 9.59 Å². The second-order valence-corrected chi connectivity index (χ2v) is 6.50. The number of hydrogen-bond acceptors (Lipinski definition) is 5. The summed E-state index contributed by atoms with van der Waals surface area (Å²) in [7, 11) is 2.60. The third-order valence-corrected chi connectivity index (χ3v) is 5.13. The molecule has 1 aliphatic rings. The second kappa shape index (κ2) is 5.69. The van der Waals surface area contributed by atoms with Crippen molar-refractivity contribution in [3.05, 3.63) is 19.8 Å². The Morgan fingerprint density at radius 2 is 1.37 bits per heavy atom. The number of hydrogen-bond donors (Lipinski definition) is 0. The van der Waals surface area contributed by atoms with Crippen molar-refractivity contribution in [2.45, 2.75) is 12.8 Å². The molecule has 0 aromatic carbocycles. The quantitative estimate of drug-likeness (QED) is 0.785. The predicted octanol–water partition coefficient (Wildman–Crippen LogP) is 2.73. The molecule has 0 aliphatic heterocycles. The van der Waals surface area contributed by atoms with E-state index in [0.29, 0.717) is 21.5 Å². The highest BCUT2D eigenvalue weighted by atomic mass is 35.5. The smallest absolute Gasteiger partial charge is 0.309 e. The first kappa shape index (κ1) is 14.6. The molecule has 0 saturated heterocycles. The van der Waals surface area contributed by atoms with Gasteiger partial charge in [-0.3, -0.25) is 9.59 Å². The van der Waals surface area contributed by atoms with Crippen LogP contribution in [0.15, 0.2) is 0 Å². The molecular formula is C12H12Cl2O4S. The van der Waals surface area contributed by atoms with Crippen LogP contribution in [0.2, 0.25) is 8.67 Å². The molecule has 0 saturated carbocycles. The summed E-state index contributed by atoms with van der Waals surface area (Å²) in [4.78, 5) is 23.6. The van der Waals surface area contributed by atoms with Crippen LogP contribution in [-0.4, -0.2) is 26.2 Å². The van der Waals surface area contributed by atoms with Crippen LogP contribution in [0.1, 0.15) is 11.1 Å². The van der Waals surface area contributed by atoms with Gasteiger partial charge in [-0.05, 0) is 24.0 Å². The van der Waals surface area contributed by atoms with Crippen molar-refractivity contribution in [2.24, 2.45) is 11.8 Å². The lowest BCUT2D eigenvalue weighted by atomic mass is 9.77. The van der Waals surface area contributed by atoms with E-state index >= 15 is 0 Å². The molecule has 0 N–H and O–H groups in total. The van der Waals surface area contributed by atoms with Crippen LogP contribution in [0.4, 0.5) is 0 Å². The Bertz CT molecular complexity index is 482. The van der Waals surface area contributed by atoms with Gasteiger partial charge in [-0.25, -0.2) is 0 Å². The number of rotatable bonds is 2. The number of carbonyl (C=O) groups excluding carboxylic acids is 2. The molecule has 0 fully saturated rings. The largest absolute Gasteiger partial charge is 0.469 e. The summed E-state index contributed by atoms with van der Waals surface area (Å²) >= 11 is 13.5. The molecule has 4 nitrogen and oxygen atoms in total. The first-order chi connectivity index (χ1) is 8.99. The zero-order valence-corrected chi connectivity index (χ0v) is 12.7. The highest BCUT2D eigenvalue weighted by Crippen LogP contribution is 2.44. The highest BCUT2D eigenvalue weighted by Gasteiger charge is 2.41. The van der Waals surface area contributed by atoms with Gasteiger partial charge in [0.15, 0.2) is 0 Å². The van der Waals surface area contributed by atoms with Crippen LogP contribution in [0, 0.1) is 11.8 Å². The maximum absolute atomic E-state index is 11.8. The Morgan fingerprint density at radius 3 is 1.68 bits per heavy atom. The third kappa shape index (κ3) is 2.59. The lowest BCUT2D eigenvalue weighted by molar-refractivity contribution is -0.158. The molecule has 0 unspecified atom stereocenters. The van der Waals surface area contributed by atoms with E-state index in [1.165, 1.54) is 25.6 Å². The van der Waals surface area contributed by atoms with Crippen LogP contribution in [0.3, 0.4) is 0 Å². The lowest BCUT2D eigenvalue weighted by Crippen LogP contribution is -2.37. The van der Waals surface area contributed by atoms with E-state index in [1.54, 1.807) is 0 Å². The van der Waals surface area contributed by atoms with E-state index in [0.717, 1.165) is 11.1 Å². The Hall–Kier alpha value is -0.780. The first-order valence-electron chi connectivity index (χ1n) is 5.60. The lowest BCUT2D eigenvalue weighted by Gasteiger charge is -2.28. The fourth-order valence-electron chi connectivity index (χ4n) is 2.37. The topological polar surface area (TPSA) is 52.6 Å². The highest BCUT2D eigenvalue weighted by molar-refractivity contribution is 7.20. The molecule has 0 bridgehead atoms. The molecule has 19 heavy (non-hydrogen) atoms. The van der Waals surface area contributed by atoms with Gasteiger partial charge in [0.1, 0.15) is 0 Å². The van der Waals surface area contributed by atoms with Crippen LogP contribution >= 0.6 is 34.5 Å². The normalized spacial score (nSPS) is 21.7. The number of carbonyl (C=O) groups is 2. The molecule has 1 aromatic rings. The zero-order valence-electron chi connectivity index (χ0n) is 10.4. The van der Waals surface area contributed by atoms with Crippen LogP contribution < -0.4 is 0 Å². The molecule has 2 rings (SSSR count). The summed E-state index contributed by atoms with van der Waals surface area (Å²) in [6.07, 6.45) is 0.702. The molecule has 7 heteroatoms. The second-order valence-electron chi connectivity index (χ2n) is 4.27. The molecule has 0 spiro atoms. The number of fused-ring (bicyclic) bond motifs is 1. The Kier molecular flexibility index (Phi) is 4.38. The average Bonchev–Trinajstić information content (AvgIpc) is 2.70. The molecule has 104 valence electrons. The monoisotopic (exact) mass is 322 g/mol. The summed E-state index contributed by atoms with van der Waals surface area (Å²) in [6, 6.07) is 0. The fourth-order valence-corrected chi connectivity index (χ4v) is 4.15. The fraction of sp³-hybridized carbons (Fsp3) is 0.500. The van der Waals surface area contributed by atoms with Crippen molar-refractivity contribution in [3.8, 4) is 0 Å². The van der Waals surface area contributed by atoms with Crippen LogP contribution in [-0.2, 0) is 31.9 Å². The standard InChI is InChI=1S/C12H12Cl2O4S/c1-17-11(15)7-3-5-6(10(14)19-9(5)13)4-8(7)12(16)18-2/h7-8H,3-4H2,1-2H3/t7-,8-/m1/s1. The summed E-state index contributed by atoms with van der Waals surface area (Å²) in [5.41, 5.74) is 1.68. The van der Waals surface area contributed by atoms with E-state index in [4.69, 9.17) is 32.7 Å². The van der Waals surface area contributed by atoms with Crippen molar-refractivity contribution in [1.82, 2.24) is 0 Å². The molecular weight excluding hydrogens is 311 g/mol. The predicted molar refractivity (Wildman–Crippen MR) is 72.8 cm³/mol. The molecule has 0 radical (unpaired) electrons. The van der Waals surface area contributed by atoms with Crippen molar-refractivity contribution >= 4 is 46.5 Å². The van der Waals surface area contributed by atoms with Crippen molar-refractivity contribution in [1.29, 1.82) is 0 Å². The number of methoxy groups -OCH3 is 2. The van der Waals surface area contributed by atoms with Gasteiger partial charge in [0.25, 0.3) is 0 Å². The van der Waals surface area contributed by atoms with E-state index < -0.39 is 23.8 Å². The summed E-state index contributed by atoms with van der Waals surface area (Å²) in [5.74, 6) is -2.01. The third-order valence-electron chi connectivity index (χ3n) is 3.36. The summed E-state index contributed by atoms with van der Waals surface area (Å²) in [6.45, 7) is 0. The average molecular weight is 323 g/mol. The minimum Gasteiger partial charge on any atom is -0.469 e. The minimum absolute atomic E-state index is 0.351. The van der Waals surface area contributed by atoms with Gasteiger partial charge >= 0.3 is 11.9 Å². The Morgan fingerprint density at radius 1 is 1.00 bits per heavy atom. The van der Waals surface area contributed by atoms with Crippen LogP contribution in [0.25, 0.3) is 0 Å². The minimum atomic E-state index is -0.576. The molecule has 0 amide bonds. The Balaban J connectivity index is 2.41. The molecule has 1 aliphatic carbocycles. The van der Waals surface area contributed by atoms with Gasteiger partial charge in [-0.2, -0.15) is 0 Å². The summed E-state index contributed by atoms with van der Waals surface area (Å²) < 4.78 is 10.6. The zero-order chi connectivity index (χ0) is 14.2.